The molecule has 2 amide bonds. The second-order valence-electron chi connectivity index (χ2n) is 6.42. The number of methoxy groups -OCH3 is 1. The fourth-order valence-electron chi connectivity index (χ4n) is 2.74. The van der Waals surface area contributed by atoms with Gasteiger partial charge in [-0.05, 0) is 30.3 Å². The van der Waals surface area contributed by atoms with Crippen LogP contribution in [-0.4, -0.2) is 39.6 Å². The Kier molecular flexibility index (Phi) is 7.23. The molecule has 0 radical (unpaired) electrons. The van der Waals surface area contributed by atoms with Crippen LogP contribution in [0.4, 0.5) is 11.4 Å². The maximum atomic E-state index is 12.2. The molecule has 2 rings (SSSR count). The second kappa shape index (κ2) is 9.62. The van der Waals surface area contributed by atoms with Crippen LogP contribution in [0.3, 0.4) is 0 Å². The van der Waals surface area contributed by atoms with E-state index in [9.17, 15) is 9.59 Å². The van der Waals surface area contributed by atoms with Gasteiger partial charge in [-0.3, -0.25) is 9.59 Å². The summed E-state index contributed by atoms with van der Waals surface area (Å²) in [5.74, 6) is 0.534. The zero-order chi connectivity index (χ0) is 19.8. The van der Waals surface area contributed by atoms with Gasteiger partial charge in [-0.1, -0.05) is 18.2 Å². The van der Waals surface area contributed by atoms with Crippen molar-refractivity contribution in [2.75, 3.05) is 37.5 Å². The molecular formula is C21H27N3O3. The summed E-state index contributed by atoms with van der Waals surface area (Å²) in [6, 6.07) is 15.2. The van der Waals surface area contributed by atoms with Gasteiger partial charge in [-0.2, -0.15) is 0 Å². The molecule has 0 saturated heterocycles. The van der Waals surface area contributed by atoms with E-state index < -0.39 is 0 Å². The van der Waals surface area contributed by atoms with Crippen molar-refractivity contribution in [3.8, 4) is 5.75 Å². The van der Waals surface area contributed by atoms with E-state index >= 15 is 0 Å². The van der Waals surface area contributed by atoms with Crippen molar-refractivity contribution < 1.29 is 14.3 Å². The SMILES string of the molecule is COc1ccccc1CNC(=O)CCN(C(C)=O)c1ccc(N(C)C)cc1. The van der Waals surface area contributed by atoms with E-state index in [1.807, 2.05) is 67.5 Å². The summed E-state index contributed by atoms with van der Waals surface area (Å²) in [6.45, 7) is 2.22. The molecule has 1 N–H and O–H groups in total. The van der Waals surface area contributed by atoms with Crippen LogP contribution in [-0.2, 0) is 16.1 Å². The quantitative estimate of drug-likeness (QED) is 0.777. The first-order valence-corrected chi connectivity index (χ1v) is 8.86. The number of ether oxygens (including phenoxy) is 1. The van der Waals surface area contributed by atoms with E-state index in [1.165, 1.54) is 6.92 Å². The number of hydrogen-bond acceptors (Lipinski definition) is 4. The lowest BCUT2D eigenvalue weighted by Crippen LogP contribution is -2.33. The molecule has 0 aliphatic carbocycles. The summed E-state index contributed by atoms with van der Waals surface area (Å²) < 4.78 is 5.28. The Bertz CT molecular complexity index is 772. The zero-order valence-electron chi connectivity index (χ0n) is 16.4. The largest absolute Gasteiger partial charge is 0.496 e. The number of rotatable bonds is 8. The molecule has 0 aliphatic heterocycles. The van der Waals surface area contributed by atoms with Crippen LogP contribution < -0.4 is 19.9 Å². The predicted octanol–water partition coefficient (Wildman–Crippen LogP) is 2.82. The van der Waals surface area contributed by atoms with Gasteiger partial charge in [0.15, 0.2) is 0 Å². The fourth-order valence-corrected chi connectivity index (χ4v) is 2.74. The van der Waals surface area contributed by atoms with Crippen LogP contribution in [0.5, 0.6) is 5.75 Å². The average Bonchev–Trinajstić information content (AvgIpc) is 2.66. The Morgan fingerprint density at radius 3 is 2.22 bits per heavy atom. The van der Waals surface area contributed by atoms with Crippen molar-refractivity contribution in [3.63, 3.8) is 0 Å². The van der Waals surface area contributed by atoms with Crippen molar-refractivity contribution in [1.29, 1.82) is 0 Å². The van der Waals surface area contributed by atoms with Crippen molar-refractivity contribution in [2.45, 2.75) is 19.9 Å². The molecule has 0 aliphatic rings. The molecule has 2 aromatic carbocycles. The molecule has 0 aromatic heterocycles. The zero-order valence-corrected chi connectivity index (χ0v) is 16.4. The maximum absolute atomic E-state index is 12.2. The minimum atomic E-state index is -0.114. The van der Waals surface area contributed by atoms with Crippen molar-refractivity contribution in [1.82, 2.24) is 5.32 Å². The number of carbonyl (C=O) groups excluding carboxylic acids is 2. The van der Waals surface area contributed by atoms with Crippen molar-refractivity contribution in [3.05, 3.63) is 54.1 Å². The lowest BCUT2D eigenvalue weighted by atomic mass is 10.2. The molecular weight excluding hydrogens is 342 g/mol. The maximum Gasteiger partial charge on any atom is 0.223 e. The normalized spacial score (nSPS) is 10.2. The number of para-hydroxylation sites is 1. The molecule has 6 nitrogen and oxygen atoms in total. The summed E-state index contributed by atoms with van der Waals surface area (Å²) in [6.07, 6.45) is 0.226. The molecule has 2 aromatic rings. The summed E-state index contributed by atoms with van der Waals surface area (Å²) in [5, 5.41) is 2.88. The third-order valence-electron chi connectivity index (χ3n) is 4.29. The van der Waals surface area contributed by atoms with Crippen LogP contribution >= 0.6 is 0 Å². The average molecular weight is 369 g/mol. The molecule has 144 valence electrons. The van der Waals surface area contributed by atoms with Crippen LogP contribution in [0.25, 0.3) is 0 Å². The van der Waals surface area contributed by atoms with Gasteiger partial charge in [0.25, 0.3) is 0 Å². The van der Waals surface area contributed by atoms with Crippen molar-refractivity contribution >= 4 is 23.2 Å². The highest BCUT2D eigenvalue weighted by molar-refractivity contribution is 5.92. The van der Waals surface area contributed by atoms with Crippen molar-refractivity contribution in [2.24, 2.45) is 0 Å². The Morgan fingerprint density at radius 1 is 1.00 bits per heavy atom. The van der Waals surface area contributed by atoms with E-state index in [0.717, 1.165) is 22.7 Å². The third kappa shape index (κ3) is 5.74. The summed E-state index contributed by atoms with van der Waals surface area (Å²) >= 11 is 0. The number of amides is 2. The van der Waals surface area contributed by atoms with Gasteiger partial charge in [0.1, 0.15) is 5.75 Å². The number of nitrogens with one attached hydrogen (secondary N) is 1. The highest BCUT2D eigenvalue weighted by atomic mass is 16.5. The van der Waals surface area contributed by atoms with Crippen LogP contribution in [0.15, 0.2) is 48.5 Å². The number of hydrogen-bond donors (Lipinski definition) is 1. The van der Waals surface area contributed by atoms with Crippen LogP contribution in [0.2, 0.25) is 0 Å². The van der Waals surface area contributed by atoms with Gasteiger partial charge in [0.2, 0.25) is 11.8 Å². The Balaban J connectivity index is 1.93. The van der Waals surface area contributed by atoms with E-state index in [2.05, 4.69) is 5.32 Å². The predicted molar refractivity (Wildman–Crippen MR) is 108 cm³/mol. The molecule has 0 fully saturated rings. The van der Waals surface area contributed by atoms with E-state index in [4.69, 9.17) is 4.74 Å². The van der Waals surface area contributed by atoms with E-state index in [1.54, 1.807) is 12.0 Å². The molecule has 0 atom stereocenters. The lowest BCUT2D eigenvalue weighted by Gasteiger charge is -2.22. The fraction of sp³-hybridized carbons (Fsp3) is 0.333. The first-order chi connectivity index (χ1) is 12.9. The first-order valence-electron chi connectivity index (χ1n) is 8.86. The van der Waals surface area contributed by atoms with Gasteiger partial charge in [0.05, 0.1) is 7.11 Å². The first kappa shape index (κ1) is 20.3. The molecule has 0 heterocycles. The Labute approximate surface area is 160 Å². The molecule has 0 spiro atoms. The molecule has 0 unspecified atom stereocenters. The minimum Gasteiger partial charge on any atom is -0.496 e. The smallest absolute Gasteiger partial charge is 0.223 e. The molecule has 27 heavy (non-hydrogen) atoms. The molecule has 0 bridgehead atoms. The van der Waals surface area contributed by atoms with Crippen LogP contribution in [0.1, 0.15) is 18.9 Å². The molecule has 0 saturated carbocycles. The standard InChI is InChI=1S/C21H27N3O3/c1-16(25)24(19-11-9-18(10-12-19)23(2)3)14-13-21(26)22-15-17-7-5-6-8-20(17)27-4/h5-12H,13-15H2,1-4H3,(H,22,26). The Morgan fingerprint density at radius 2 is 1.63 bits per heavy atom. The topological polar surface area (TPSA) is 61.9 Å². The molecule has 6 heteroatoms. The highest BCUT2D eigenvalue weighted by Crippen LogP contribution is 2.20. The van der Waals surface area contributed by atoms with Gasteiger partial charge in [-0.15, -0.1) is 0 Å². The monoisotopic (exact) mass is 369 g/mol. The van der Waals surface area contributed by atoms with E-state index in [-0.39, 0.29) is 18.2 Å². The van der Waals surface area contributed by atoms with E-state index in [0.29, 0.717) is 13.1 Å². The minimum absolute atomic E-state index is 0.0925. The lowest BCUT2D eigenvalue weighted by molar-refractivity contribution is -0.121. The number of nitrogens with zero attached hydrogens (tertiary/aromatic N) is 2. The van der Waals surface area contributed by atoms with Gasteiger partial charge in [0, 0.05) is 57.5 Å². The highest BCUT2D eigenvalue weighted by Gasteiger charge is 2.14. The number of anilines is 2. The summed E-state index contributed by atoms with van der Waals surface area (Å²) in [4.78, 5) is 27.8. The number of carbonyl (C=O) groups is 2. The van der Waals surface area contributed by atoms with Gasteiger partial charge in [-0.25, -0.2) is 0 Å². The Hall–Kier alpha value is -3.02. The second-order valence-corrected chi connectivity index (χ2v) is 6.42. The van der Waals surface area contributed by atoms with Gasteiger partial charge < -0.3 is 19.9 Å². The van der Waals surface area contributed by atoms with Crippen LogP contribution in [0, 0.1) is 0 Å². The van der Waals surface area contributed by atoms with Gasteiger partial charge >= 0.3 is 0 Å². The summed E-state index contributed by atoms with van der Waals surface area (Å²) in [5.41, 5.74) is 2.75. The number of benzene rings is 2. The third-order valence-corrected chi connectivity index (χ3v) is 4.29. The summed E-state index contributed by atoms with van der Waals surface area (Å²) in [7, 11) is 5.53.